The fraction of sp³-hybridized carbons (Fsp3) is 0.250. The Bertz CT molecular complexity index is 438. The first-order chi connectivity index (χ1) is 6.81. The summed E-state index contributed by atoms with van der Waals surface area (Å²) in [7, 11) is 3.29. The van der Waals surface area contributed by atoms with E-state index in [1.54, 1.807) is 12.5 Å². The van der Waals surface area contributed by atoms with Gasteiger partial charge in [0.15, 0.2) is 5.65 Å². The van der Waals surface area contributed by atoms with Crippen molar-refractivity contribution in [3.63, 3.8) is 0 Å². The van der Waals surface area contributed by atoms with Gasteiger partial charge in [0.1, 0.15) is 5.52 Å². The molecule has 0 atom stereocenters. The van der Waals surface area contributed by atoms with Crippen molar-refractivity contribution in [3.05, 3.63) is 19.6 Å². The van der Waals surface area contributed by atoms with Gasteiger partial charge in [-0.25, -0.2) is 9.97 Å². The highest BCUT2D eigenvalue weighted by molar-refractivity contribution is 5.70. The van der Waals surface area contributed by atoms with Crippen LogP contribution in [0.4, 0.5) is 5.95 Å². The van der Waals surface area contributed by atoms with Crippen LogP contribution in [0.1, 0.15) is 0 Å². The molecule has 6 nitrogen and oxygen atoms in total. The maximum Gasteiger partial charge on any atom is 0.222 e. The predicted molar refractivity (Wildman–Crippen MR) is 51.0 cm³/mol. The second-order valence-electron chi connectivity index (χ2n) is 2.78. The normalized spacial score (nSPS) is 10.9. The molecule has 0 unspecified atom stereocenters. The number of imidazole rings is 1. The second kappa shape index (κ2) is 3.59. The minimum Gasteiger partial charge on any atom is -0.377 e. The van der Waals surface area contributed by atoms with Gasteiger partial charge in [0.2, 0.25) is 5.95 Å². The topological polar surface area (TPSA) is 78.8 Å². The van der Waals surface area contributed by atoms with Gasteiger partial charge in [-0.3, -0.25) is 0 Å². The summed E-state index contributed by atoms with van der Waals surface area (Å²) < 4.78 is 6.57. The number of aromatic nitrogens is 4. The van der Waals surface area contributed by atoms with Gasteiger partial charge in [0.25, 0.3) is 0 Å². The van der Waals surface area contributed by atoms with Crippen molar-refractivity contribution in [1.29, 1.82) is 0 Å². The number of hydrogen-bond acceptors (Lipinski definition) is 5. The molecule has 0 saturated heterocycles. The number of hydrogen-bond donors (Lipinski definition) is 1. The van der Waals surface area contributed by atoms with Gasteiger partial charge in [-0.15, -0.1) is 0 Å². The van der Waals surface area contributed by atoms with Crippen LogP contribution in [0, 0.1) is 7.11 Å². The molecule has 0 bridgehead atoms. The van der Waals surface area contributed by atoms with Gasteiger partial charge in [0.05, 0.1) is 26.2 Å². The highest BCUT2D eigenvalue weighted by atomic mass is 16.5. The van der Waals surface area contributed by atoms with Crippen LogP contribution < -0.4 is 5.73 Å². The summed E-state index contributed by atoms with van der Waals surface area (Å²) in [6.07, 6.45) is 3.27. The lowest BCUT2D eigenvalue weighted by Gasteiger charge is -2.01. The van der Waals surface area contributed by atoms with Crippen LogP contribution in [0.15, 0.2) is 12.5 Å². The third-order valence-corrected chi connectivity index (χ3v) is 1.85. The first kappa shape index (κ1) is 8.89. The van der Waals surface area contributed by atoms with Crippen LogP contribution in [-0.2, 0) is 11.3 Å². The zero-order valence-electron chi connectivity index (χ0n) is 7.55. The molecule has 73 valence electrons. The molecule has 2 rings (SSSR count). The van der Waals surface area contributed by atoms with Crippen molar-refractivity contribution < 1.29 is 4.74 Å². The molecule has 2 aromatic heterocycles. The van der Waals surface area contributed by atoms with Crippen LogP contribution >= 0.6 is 0 Å². The van der Waals surface area contributed by atoms with Gasteiger partial charge >= 0.3 is 0 Å². The van der Waals surface area contributed by atoms with Gasteiger partial charge in [-0.05, 0) is 0 Å². The number of fused-ring (bicyclic) bond motifs is 1. The Morgan fingerprint density at radius 1 is 1.50 bits per heavy atom. The van der Waals surface area contributed by atoms with E-state index in [-0.39, 0.29) is 5.95 Å². The Morgan fingerprint density at radius 3 is 3.14 bits per heavy atom. The minimum atomic E-state index is 0.245. The standard InChI is InChI=1S/C8H10N5O/c1-14-3-2-13-5-11-6-4-10-8(9)12-7(6)13/h4-5H,1-3H2,(H2,9,10,12). The highest BCUT2D eigenvalue weighted by Gasteiger charge is 2.04. The monoisotopic (exact) mass is 192 g/mol. The van der Waals surface area contributed by atoms with E-state index < -0.39 is 0 Å². The van der Waals surface area contributed by atoms with E-state index in [1.165, 1.54) is 0 Å². The van der Waals surface area contributed by atoms with E-state index in [2.05, 4.69) is 22.1 Å². The zero-order valence-corrected chi connectivity index (χ0v) is 7.55. The zero-order chi connectivity index (χ0) is 9.97. The summed E-state index contributed by atoms with van der Waals surface area (Å²) in [5, 5.41) is 0. The first-order valence-corrected chi connectivity index (χ1v) is 4.11. The highest BCUT2D eigenvalue weighted by Crippen LogP contribution is 2.09. The summed E-state index contributed by atoms with van der Waals surface area (Å²) in [6, 6.07) is 0. The van der Waals surface area contributed by atoms with Crippen LogP contribution in [-0.4, -0.2) is 26.1 Å². The van der Waals surface area contributed by atoms with Gasteiger partial charge in [-0.1, -0.05) is 0 Å². The largest absolute Gasteiger partial charge is 0.377 e. The van der Waals surface area contributed by atoms with Gasteiger partial charge < -0.3 is 15.0 Å². The van der Waals surface area contributed by atoms with E-state index in [0.29, 0.717) is 13.2 Å². The van der Waals surface area contributed by atoms with Crippen LogP contribution in [0.25, 0.3) is 11.2 Å². The number of rotatable bonds is 3. The van der Waals surface area contributed by atoms with Gasteiger partial charge in [-0.2, -0.15) is 4.98 Å². The van der Waals surface area contributed by atoms with Crippen molar-refractivity contribution >= 4 is 17.1 Å². The Morgan fingerprint density at radius 2 is 2.36 bits per heavy atom. The van der Waals surface area contributed by atoms with Crippen molar-refractivity contribution in [3.8, 4) is 0 Å². The number of nitrogens with two attached hydrogens (primary N) is 1. The second-order valence-corrected chi connectivity index (χ2v) is 2.78. The number of anilines is 1. The van der Waals surface area contributed by atoms with Crippen LogP contribution in [0.2, 0.25) is 0 Å². The molecule has 0 aliphatic carbocycles. The average molecular weight is 192 g/mol. The number of ether oxygens (including phenoxy) is 1. The molecule has 1 radical (unpaired) electrons. The number of nitrogens with zero attached hydrogens (tertiary/aromatic N) is 4. The molecular weight excluding hydrogens is 182 g/mol. The van der Waals surface area contributed by atoms with E-state index in [1.807, 2.05) is 4.57 Å². The maximum atomic E-state index is 5.47. The molecule has 6 heteroatoms. The summed E-state index contributed by atoms with van der Waals surface area (Å²) in [6.45, 7) is 1.16. The molecule has 0 aliphatic rings. The van der Waals surface area contributed by atoms with E-state index in [0.717, 1.165) is 11.2 Å². The molecule has 2 aromatic rings. The SMILES string of the molecule is [CH2]OCCn1cnc2cnc(N)nc21. The smallest absolute Gasteiger partial charge is 0.222 e. The Kier molecular flexibility index (Phi) is 2.28. The molecule has 0 fully saturated rings. The van der Waals surface area contributed by atoms with Crippen molar-refractivity contribution in [2.45, 2.75) is 6.54 Å². The van der Waals surface area contributed by atoms with Crippen molar-refractivity contribution in [1.82, 2.24) is 19.5 Å². The molecule has 0 aromatic carbocycles. The summed E-state index contributed by atoms with van der Waals surface area (Å²) >= 11 is 0. The fourth-order valence-electron chi connectivity index (χ4n) is 1.20. The van der Waals surface area contributed by atoms with Crippen LogP contribution in [0.5, 0.6) is 0 Å². The summed E-state index contributed by atoms with van der Waals surface area (Å²) in [5.74, 6) is 0.245. The molecule has 0 amide bonds. The Hall–Kier alpha value is -1.69. The molecule has 14 heavy (non-hydrogen) atoms. The third kappa shape index (κ3) is 1.51. The molecule has 0 spiro atoms. The van der Waals surface area contributed by atoms with E-state index in [9.17, 15) is 0 Å². The first-order valence-electron chi connectivity index (χ1n) is 4.11. The number of nitrogen functional groups attached to an aromatic ring is 1. The molecule has 2 N–H and O–H groups in total. The molecule has 2 heterocycles. The van der Waals surface area contributed by atoms with E-state index >= 15 is 0 Å². The van der Waals surface area contributed by atoms with Crippen molar-refractivity contribution in [2.75, 3.05) is 12.3 Å². The lowest BCUT2D eigenvalue weighted by molar-refractivity contribution is 0.229. The van der Waals surface area contributed by atoms with Gasteiger partial charge in [0, 0.05) is 6.54 Å². The minimum absolute atomic E-state index is 0.245. The summed E-state index contributed by atoms with van der Waals surface area (Å²) in [5.41, 5.74) is 6.92. The Labute approximate surface area is 80.7 Å². The summed E-state index contributed by atoms with van der Waals surface area (Å²) in [4.78, 5) is 12.0. The lowest BCUT2D eigenvalue weighted by Crippen LogP contribution is -2.04. The molecule has 0 aliphatic heterocycles. The maximum absolute atomic E-state index is 5.47. The van der Waals surface area contributed by atoms with E-state index in [4.69, 9.17) is 10.5 Å². The lowest BCUT2D eigenvalue weighted by atomic mass is 10.5. The molecule has 0 saturated carbocycles. The molecular formula is C8H10N5O. The predicted octanol–water partition coefficient (Wildman–Crippen LogP) is 0.217. The van der Waals surface area contributed by atoms with Crippen LogP contribution in [0.3, 0.4) is 0 Å². The fourth-order valence-corrected chi connectivity index (χ4v) is 1.20. The van der Waals surface area contributed by atoms with Crippen molar-refractivity contribution in [2.24, 2.45) is 0 Å². The average Bonchev–Trinajstić information content (AvgIpc) is 2.57. The quantitative estimate of drug-likeness (QED) is 0.752. The third-order valence-electron chi connectivity index (χ3n) is 1.85. The Balaban J connectivity index is 2.40.